The van der Waals surface area contributed by atoms with Gasteiger partial charge in [-0.1, -0.05) is 58.4 Å². The van der Waals surface area contributed by atoms with Crippen LogP contribution in [0.1, 0.15) is 40.9 Å². The fourth-order valence-corrected chi connectivity index (χ4v) is 4.84. The summed E-state index contributed by atoms with van der Waals surface area (Å²) < 4.78 is 8.93. The van der Waals surface area contributed by atoms with E-state index in [1.165, 1.54) is 5.56 Å². The Morgan fingerprint density at radius 1 is 0.938 bits per heavy atom. The molecule has 32 heavy (non-hydrogen) atoms. The van der Waals surface area contributed by atoms with Crippen molar-refractivity contribution >= 4 is 21.7 Å². The van der Waals surface area contributed by atoms with E-state index in [-0.39, 0.29) is 11.7 Å². The average Bonchev–Trinajstić information content (AvgIpc) is 3.21. The van der Waals surface area contributed by atoms with E-state index in [2.05, 4.69) is 63.0 Å². The van der Waals surface area contributed by atoms with Crippen molar-refractivity contribution in [1.29, 1.82) is 0 Å². The molecule has 0 fully saturated rings. The Bertz CT molecular complexity index is 1240. The van der Waals surface area contributed by atoms with E-state index in [1.54, 1.807) is 0 Å². The molecule has 1 heterocycles. The zero-order chi connectivity index (χ0) is 22.1. The molecule has 1 atom stereocenters. The number of fused-ring (bicyclic) bond motifs is 1. The first kappa shape index (κ1) is 20.8. The van der Waals surface area contributed by atoms with Gasteiger partial charge < -0.3 is 9.30 Å². The third kappa shape index (κ3) is 3.91. The molecule has 0 amide bonds. The molecule has 1 aromatic heterocycles. The molecular formula is C28H24BrNO2. The van der Waals surface area contributed by atoms with Gasteiger partial charge in [0.05, 0.1) is 12.3 Å². The molecule has 0 N–H and O–H groups in total. The summed E-state index contributed by atoms with van der Waals surface area (Å²) in [7, 11) is 0. The molecule has 0 aliphatic heterocycles. The molecule has 5 rings (SSSR count). The fraction of sp³-hybridized carbons (Fsp3) is 0.179. The topological polar surface area (TPSA) is 31.2 Å². The number of carbonyl (C=O) groups is 1. The molecule has 3 nitrogen and oxygen atoms in total. The van der Waals surface area contributed by atoms with Crippen LogP contribution in [0, 0.1) is 0 Å². The number of hydrogen-bond donors (Lipinski definition) is 0. The Kier molecular flexibility index (Phi) is 5.71. The van der Waals surface area contributed by atoms with Gasteiger partial charge in [0.2, 0.25) is 0 Å². The van der Waals surface area contributed by atoms with Crippen LogP contribution in [0.25, 0.3) is 16.9 Å². The summed E-state index contributed by atoms with van der Waals surface area (Å²) in [4.78, 5) is 13.3. The lowest BCUT2D eigenvalue weighted by Crippen LogP contribution is -2.20. The quantitative estimate of drug-likeness (QED) is 0.298. The van der Waals surface area contributed by atoms with E-state index in [0.717, 1.165) is 44.8 Å². The van der Waals surface area contributed by atoms with E-state index in [9.17, 15) is 4.79 Å². The van der Waals surface area contributed by atoms with Gasteiger partial charge in [0, 0.05) is 27.8 Å². The zero-order valence-corrected chi connectivity index (χ0v) is 19.5. The predicted molar refractivity (Wildman–Crippen MR) is 132 cm³/mol. The summed E-state index contributed by atoms with van der Waals surface area (Å²) in [5.74, 6) is 1.24. The van der Waals surface area contributed by atoms with Crippen molar-refractivity contribution in [3.8, 4) is 22.7 Å². The molecule has 0 bridgehead atoms. The van der Waals surface area contributed by atoms with Gasteiger partial charge in [-0.05, 0) is 72.9 Å². The monoisotopic (exact) mass is 485 g/mol. The van der Waals surface area contributed by atoms with Crippen LogP contribution in [0.15, 0.2) is 89.4 Å². The number of benzene rings is 3. The van der Waals surface area contributed by atoms with Crippen LogP contribution in [-0.2, 0) is 6.42 Å². The molecule has 4 aromatic rings. The molecular weight excluding hydrogens is 462 g/mol. The van der Waals surface area contributed by atoms with Gasteiger partial charge in [0.25, 0.3) is 0 Å². The highest BCUT2D eigenvalue weighted by Crippen LogP contribution is 2.39. The molecule has 0 radical (unpaired) electrons. The van der Waals surface area contributed by atoms with Gasteiger partial charge in [-0.3, -0.25) is 4.79 Å². The normalized spacial score (nSPS) is 15.4. The van der Waals surface area contributed by atoms with Gasteiger partial charge in [0.15, 0.2) is 5.78 Å². The number of carbonyl (C=O) groups excluding carboxylic acids is 1. The summed E-state index contributed by atoms with van der Waals surface area (Å²) in [6.45, 7) is 2.62. The predicted octanol–water partition coefficient (Wildman–Crippen LogP) is 7.22. The number of halogens is 1. The van der Waals surface area contributed by atoms with Crippen molar-refractivity contribution in [3.05, 3.63) is 106 Å². The Hall–Kier alpha value is -3.11. The minimum absolute atomic E-state index is 0.185. The van der Waals surface area contributed by atoms with Gasteiger partial charge in [-0.25, -0.2) is 0 Å². The van der Waals surface area contributed by atoms with Crippen molar-refractivity contribution in [2.75, 3.05) is 6.61 Å². The third-order valence-corrected chi connectivity index (χ3v) is 6.62. The lowest BCUT2D eigenvalue weighted by Gasteiger charge is -2.24. The number of hydrogen-bond acceptors (Lipinski definition) is 2. The highest BCUT2D eigenvalue weighted by atomic mass is 79.9. The molecule has 0 unspecified atom stereocenters. The van der Waals surface area contributed by atoms with Crippen molar-refractivity contribution in [2.45, 2.75) is 25.7 Å². The smallest absolute Gasteiger partial charge is 0.165 e. The number of aromatic nitrogens is 1. The van der Waals surface area contributed by atoms with Gasteiger partial charge >= 0.3 is 0 Å². The van der Waals surface area contributed by atoms with E-state index in [4.69, 9.17) is 4.74 Å². The highest BCUT2D eigenvalue weighted by Gasteiger charge is 2.31. The summed E-state index contributed by atoms with van der Waals surface area (Å²) in [6, 6.07) is 28.8. The van der Waals surface area contributed by atoms with E-state index < -0.39 is 0 Å². The maximum Gasteiger partial charge on any atom is 0.165 e. The molecule has 0 spiro atoms. The van der Waals surface area contributed by atoms with Gasteiger partial charge in [0.1, 0.15) is 5.75 Å². The van der Waals surface area contributed by atoms with Gasteiger partial charge in [-0.2, -0.15) is 0 Å². The van der Waals surface area contributed by atoms with E-state index >= 15 is 0 Å². The summed E-state index contributed by atoms with van der Waals surface area (Å²) >= 11 is 3.53. The molecule has 1 aliphatic rings. The number of ether oxygens (including phenoxy) is 1. The lowest BCUT2D eigenvalue weighted by atomic mass is 9.82. The standard InChI is InChI=1S/C28H24BrNO2/c1-2-32-24-14-12-23(13-15-24)30-26(20-8-10-22(29)11-9-20)18-25-27(30)16-21(17-28(25)31)19-6-4-3-5-7-19/h3-15,18,21H,2,16-17H2,1H3/t21-/m0/s1. The second-order valence-corrected chi connectivity index (χ2v) is 9.01. The van der Waals surface area contributed by atoms with Crippen LogP contribution in [0.5, 0.6) is 5.75 Å². The van der Waals surface area contributed by atoms with E-state index in [1.807, 2.05) is 49.4 Å². The van der Waals surface area contributed by atoms with Crippen molar-refractivity contribution in [1.82, 2.24) is 4.57 Å². The molecule has 160 valence electrons. The number of rotatable bonds is 5. The Balaban J connectivity index is 1.66. The first-order valence-electron chi connectivity index (χ1n) is 11.0. The van der Waals surface area contributed by atoms with Crippen LogP contribution in [0.4, 0.5) is 0 Å². The van der Waals surface area contributed by atoms with Crippen molar-refractivity contribution in [2.24, 2.45) is 0 Å². The van der Waals surface area contributed by atoms with Crippen LogP contribution < -0.4 is 4.74 Å². The lowest BCUT2D eigenvalue weighted by molar-refractivity contribution is 0.0963. The summed E-state index contributed by atoms with van der Waals surface area (Å²) in [6.07, 6.45) is 1.37. The molecule has 4 heteroatoms. The number of nitrogens with zero attached hydrogens (tertiary/aromatic N) is 1. The summed E-state index contributed by atoms with van der Waals surface area (Å²) in [5, 5.41) is 0. The molecule has 3 aromatic carbocycles. The second kappa shape index (κ2) is 8.79. The summed E-state index contributed by atoms with van der Waals surface area (Å²) in [5.41, 5.74) is 6.29. The zero-order valence-electron chi connectivity index (χ0n) is 17.9. The van der Waals surface area contributed by atoms with Crippen LogP contribution in [0.3, 0.4) is 0 Å². The van der Waals surface area contributed by atoms with Gasteiger partial charge in [-0.15, -0.1) is 0 Å². The Morgan fingerprint density at radius 2 is 1.66 bits per heavy atom. The average molecular weight is 486 g/mol. The highest BCUT2D eigenvalue weighted by molar-refractivity contribution is 9.10. The maximum atomic E-state index is 13.3. The number of Topliss-reactive ketones (excluding diaryl/α,β-unsaturated/α-hetero) is 1. The Labute approximate surface area is 196 Å². The molecule has 1 aliphatic carbocycles. The minimum Gasteiger partial charge on any atom is -0.494 e. The van der Waals surface area contributed by atoms with Crippen LogP contribution in [-0.4, -0.2) is 17.0 Å². The fourth-order valence-electron chi connectivity index (χ4n) is 4.58. The van der Waals surface area contributed by atoms with Crippen LogP contribution in [0.2, 0.25) is 0 Å². The SMILES string of the molecule is CCOc1ccc(-n2c(-c3ccc(Br)cc3)cc3c2C[C@H](c2ccccc2)CC3=O)cc1. The first-order valence-corrected chi connectivity index (χ1v) is 11.7. The molecule has 0 saturated heterocycles. The van der Waals surface area contributed by atoms with E-state index in [0.29, 0.717) is 13.0 Å². The van der Waals surface area contributed by atoms with Crippen LogP contribution >= 0.6 is 15.9 Å². The maximum absolute atomic E-state index is 13.3. The van der Waals surface area contributed by atoms with Crippen molar-refractivity contribution in [3.63, 3.8) is 0 Å². The second-order valence-electron chi connectivity index (χ2n) is 8.10. The Morgan fingerprint density at radius 3 is 2.34 bits per heavy atom. The molecule has 0 saturated carbocycles. The van der Waals surface area contributed by atoms with Crippen molar-refractivity contribution < 1.29 is 9.53 Å². The largest absolute Gasteiger partial charge is 0.494 e. The third-order valence-electron chi connectivity index (χ3n) is 6.09. The minimum atomic E-state index is 0.185. The number of ketones is 1. The first-order chi connectivity index (χ1) is 15.6.